The molecule has 0 bridgehead atoms. The number of nitrogens with zero attached hydrogens (tertiary/aromatic N) is 2. The maximum atomic E-state index is 10.7. The van der Waals surface area contributed by atoms with Gasteiger partial charge < -0.3 is 11.1 Å². The van der Waals surface area contributed by atoms with E-state index < -0.39 is 4.92 Å². The highest BCUT2D eigenvalue weighted by Crippen LogP contribution is 2.28. The lowest BCUT2D eigenvalue weighted by atomic mass is 10.2. The lowest BCUT2D eigenvalue weighted by Crippen LogP contribution is -1.98. The van der Waals surface area contributed by atoms with Crippen molar-refractivity contribution < 1.29 is 4.92 Å². The molecule has 1 heterocycles. The minimum atomic E-state index is -0.470. The van der Waals surface area contributed by atoms with Gasteiger partial charge in [-0.15, -0.1) is 0 Å². The molecular weight excluding hydrogens is 268 g/mol. The second-order valence-corrected chi connectivity index (χ2v) is 4.56. The number of nitrogens with one attached hydrogen (secondary N) is 1. The summed E-state index contributed by atoms with van der Waals surface area (Å²) in [7, 11) is 0. The van der Waals surface area contributed by atoms with Crippen LogP contribution >= 0.6 is 0 Å². The highest BCUT2D eigenvalue weighted by Gasteiger charge is 2.09. The van der Waals surface area contributed by atoms with Crippen LogP contribution in [0.3, 0.4) is 0 Å². The van der Waals surface area contributed by atoms with Gasteiger partial charge in [-0.2, -0.15) is 0 Å². The number of nitro benzene ring substituents is 1. The number of aromatic nitrogens is 1. The third-order valence-corrected chi connectivity index (χ3v) is 3.13. The van der Waals surface area contributed by atoms with Gasteiger partial charge in [-0.3, -0.25) is 15.1 Å². The fraction of sp³-hybridized carbons (Fsp3) is 0. The molecule has 0 aliphatic heterocycles. The number of fused-ring (bicyclic) bond motifs is 1. The predicted octanol–water partition coefficient (Wildman–Crippen LogP) is 3.47. The summed E-state index contributed by atoms with van der Waals surface area (Å²) in [5.74, 6) is 0. The number of hydrogen-bond donors (Lipinski definition) is 2. The van der Waals surface area contributed by atoms with Crippen molar-refractivity contribution >= 4 is 33.7 Å². The van der Waals surface area contributed by atoms with Crippen molar-refractivity contribution in [3.8, 4) is 0 Å². The lowest BCUT2D eigenvalue weighted by molar-refractivity contribution is -0.384. The standard InChI is InChI=1S/C15H12N4O2/c16-13-9-12(19(20)21)4-6-15(13)18-11-3-5-14-10(8-11)2-1-7-17-14/h1-9,18H,16H2. The predicted molar refractivity (Wildman–Crippen MR) is 82.5 cm³/mol. The van der Waals surface area contributed by atoms with E-state index in [1.165, 1.54) is 12.1 Å². The second kappa shape index (κ2) is 5.09. The molecule has 0 spiro atoms. The molecule has 0 amide bonds. The quantitative estimate of drug-likeness (QED) is 0.435. The van der Waals surface area contributed by atoms with Crippen molar-refractivity contribution in [1.82, 2.24) is 4.98 Å². The molecule has 1 aromatic heterocycles. The molecule has 2 aromatic carbocycles. The van der Waals surface area contributed by atoms with Crippen molar-refractivity contribution in [2.24, 2.45) is 0 Å². The highest BCUT2D eigenvalue weighted by molar-refractivity contribution is 5.84. The van der Waals surface area contributed by atoms with Crippen molar-refractivity contribution in [3.63, 3.8) is 0 Å². The third kappa shape index (κ3) is 2.59. The Balaban J connectivity index is 1.93. The van der Waals surface area contributed by atoms with E-state index in [0.29, 0.717) is 11.4 Å². The number of non-ortho nitro benzene ring substituents is 1. The van der Waals surface area contributed by atoms with E-state index >= 15 is 0 Å². The number of hydrogen-bond acceptors (Lipinski definition) is 5. The summed E-state index contributed by atoms with van der Waals surface area (Å²) in [6, 6.07) is 13.9. The zero-order valence-electron chi connectivity index (χ0n) is 11.0. The lowest BCUT2D eigenvalue weighted by Gasteiger charge is -2.09. The van der Waals surface area contributed by atoms with Gasteiger partial charge in [0, 0.05) is 29.4 Å². The van der Waals surface area contributed by atoms with Gasteiger partial charge in [-0.25, -0.2) is 0 Å². The summed E-state index contributed by atoms with van der Waals surface area (Å²) in [6.45, 7) is 0. The van der Waals surface area contributed by atoms with Crippen LogP contribution in [0.15, 0.2) is 54.7 Å². The van der Waals surface area contributed by atoms with Crippen LogP contribution in [0.25, 0.3) is 10.9 Å². The first kappa shape index (κ1) is 12.9. The molecule has 3 rings (SSSR count). The molecule has 104 valence electrons. The molecule has 6 heteroatoms. The first-order chi connectivity index (χ1) is 10.1. The summed E-state index contributed by atoms with van der Waals surface area (Å²) < 4.78 is 0. The Hall–Kier alpha value is -3.15. The van der Waals surface area contributed by atoms with Crippen LogP contribution in [-0.2, 0) is 0 Å². The largest absolute Gasteiger partial charge is 0.397 e. The molecule has 0 unspecified atom stereocenters. The first-order valence-corrected chi connectivity index (χ1v) is 6.29. The van der Waals surface area contributed by atoms with Gasteiger partial charge in [0.2, 0.25) is 0 Å². The van der Waals surface area contributed by atoms with Crippen molar-refractivity contribution in [2.75, 3.05) is 11.1 Å². The molecule has 0 atom stereocenters. The average Bonchev–Trinajstić information content (AvgIpc) is 2.49. The SMILES string of the molecule is Nc1cc([N+](=O)[O-])ccc1Nc1ccc2ncccc2c1. The van der Waals surface area contributed by atoms with E-state index in [4.69, 9.17) is 5.73 Å². The van der Waals surface area contributed by atoms with Gasteiger partial charge in [-0.05, 0) is 30.3 Å². The van der Waals surface area contributed by atoms with Crippen molar-refractivity contribution in [1.29, 1.82) is 0 Å². The summed E-state index contributed by atoms with van der Waals surface area (Å²) in [6.07, 6.45) is 1.74. The summed E-state index contributed by atoms with van der Waals surface area (Å²) in [5, 5.41) is 14.8. The number of nitro groups is 1. The second-order valence-electron chi connectivity index (χ2n) is 4.56. The van der Waals surface area contributed by atoms with Crippen molar-refractivity contribution in [3.05, 3.63) is 64.8 Å². The number of anilines is 3. The minimum absolute atomic E-state index is 0.0271. The van der Waals surface area contributed by atoms with E-state index in [0.717, 1.165) is 16.6 Å². The Morgan fingerprint density at radius 2 is 2.00 bits per heavy atom. The van der Waals surface area contributed by atoms with Crippen LogP contribution in [0.4, 0.5) is 22.7 Å². The van der Waals surface area contributed by atoms with Gasteiger partial charge in [0.05, 0.1) is 21.8 Å². The van der Waals surface area contributed by atoms with Gasteiger partial charge >= 0.3 is 0 Å². The Bertz CT molecular complexity index is 833. The Morgan fingerprint density at radius 3 is 2.76 bits per heavy atom. The van der Waals surface area contributed by atoms with Crippen LogP contribution in [-0.4, -0.2) is 9.91 Å². The molecule has 6 nitrogen and oxygen atoms in total. The molecular formula is C15H12N4O2. The first-order valence-electron chi connectivity index (χ1n) is 6.29. The van der Waals surface area contributed by atoms with Gasteiger partial charge in [0.25, 0.3) is 5.69 Å². The van der Waals surface area contributed by atoms with Gasteiger partial charge in [-0.1, -0.05) is 6.07 Å². The van der Waals surface area contributed by atoms with E-state index in [-0.39, 0.29) is 5.69 Å². The number of pyridine rings is 1. The molecule has 3 N–H and O–H groups in total. The van der Waals surface area contributed by atoms with E-state index in [1.807, 2.05) is 30.3 Å². The zero-order chi connectivity index (χ0) is 14.8. The van der Waals surface area contributed by atoms with Gasteiger partial charge in [0.1, 0.15) is 0 Å². The summed E-state index contributed by atoms with van der Waals surface area (Å²) in [4.78, 5) is 14.5. The Kier molecular flexibility index (Phi) is 3.12. The monoisotopic (exact) mass is 280 g/mol. The fourth-order valence-corrected chi connectivity index (χ4v) is 2.09. The Morgan fingerprint density at radius 1 is 1.14 bits per heavy atom. The molecule has 0 aliphatic carbocycles. The molecule has 0 radical (unpaired) electrons. The molecule has 0 saturated heterocycles. The molecule has 0 saturated carbocycles. The van der Waals surface area contributed by atoms with Crippen LogP contribution in [0.2, 0.25) is 0 Å². The number of nitrogen functional groups attached to an aromatic ring is 1. The molecule has 3 aromatic rings. The highest BCUT2D eigenvalue weighted by atomic mass is 16.6. The van der Waals surface area contributed by atoms with Gasteiger partial charge in [0.15, 0.2) is 0 Å². The van der Waals surface area contributed by atoms with Crippen LogP contribution in [0.1, 0.15) is 0 Å². The smallest absolute Gasteiger partial charge is 0.271 e. The maximum absolute atomic E-state index is 10.7. The van der Waals surface area contributed by atoms with E-state index in [9.17, 15) is 10.1 Å². The fourth-order valence-electron chi connectivity index (χ4n) is 2.09. The van der Waals surface area contributed by atoms with Crippen molar-refractivity contribution in [2.45, 2.75) is 0 Å². The normalized spacial score (nSPS) is 10.5. The molecule has 0 aliphatic rings. The van der Waals surface area contributed by atoms with Crippen LogP contribution in [0, 0.1) is 10.1 Å². The van der Waals surface area contributed by atoms with Crippen LogP contribution in [0.5, 0.6) is 0 Å². The van der Waals surface area contributed by atoms with E-state index in [2.05, 4.69) is 10.3 Å². The topological polar surface area (TPSA) is 94.1 Å². The third-order valence-electron chi connectivity index (χ3n) is 3.13. The molecule has 0 fully saturated rings. The summed E-state index contributed by atoms with van der Waals surface area (Å²) >= 11 is 0. The summed E-state index contributed by atoms with van der Waals surface area (Å²) in [5.41, 5.74) is 8.52. The Labute approximate surface area is 120 Å². The number of rotatable bonds is 3. The maximum Gasteiger partial charge on any atom is 0.271 e. The minimum Gasteiger partial charge on any atom is -0.397 e. The van der Waals surface area contributed by atoms with E-state index in [1.54, 1.807) is 12.3 Å². The van der Waals surface area contributed by atoms with Crippen LogP contribution < -0.4 is 11.1 Å². The number of benzene rings is 2. The molecule has 21 heavy (non-hydrogen) atoms. The zero-order valence-corrected chi connectivity index (χ0v) is 11.0. The average molecular weight is 280 g/mol. The number of nitrogens with two attached hydrogens (primary N) is 1.